The Labute approximate surface area is 198 Å². The fourth-order valence-electron chi connectivity index (χ4n) is 4.14. The predicted molar refractivity (Wildman–Crippen MR) is 131 cm³/mol. The summed E-state index contributed by atoms with van der Waals surface area (Å²) >= 11 is 0. The first-order valence-corrected chi connectivity index (χ1v) is 11.1. The number of carbonyl (C=O) groups is 3. The number of barbiturate groups is 1. The highest BCUT2D eigenvalue weighted by molar-refractivity contribution is 6.39. The molecular formula is C27H27N3O4. The maximum Gasteiger partial charge on any atom is 0.338 e. The summed E-state index contributed by atoms with van der Waals surface area (Å²) in [5, 5.41) is 0. The van der Waals surface area contributed by atoms with Crippen molar-refractivity contribution in [1.82, 2.24) is 9.47 Å². The maximum atomic E-state index is 13.4. The molecule has 7 heteroatoms. The van der Waals surface area contributed by atoms with Gasteiger partial charge >= 0.3 is 6.03 Å². The minimum atomic E-state index is -0.680. The molecule has 2 aromatic carbocycles. The molecule has 1 fully saturated rings. The van der Waals surface area contributed by atoms with E-state index in [0.717, 1.165) is 38.0 Å². The molecule has 4 amide bonds. The van der Waals surface area contributed by atoms with Crippen molar-refractivity contribution in [3.63, 3.8) is 0 Å². The van der Waals surface area contributed by atoms with Crippen LogP contribution in [0, 0.1) is 20.8 Å². The van der Waals surface area contributed by atoms with Crippen LogP contribution in [0.15, 0.2) is 66.2 Å². The van der Waals surface area contributed by atoms with Crippen LogP contribution in [0.3, 0.4) is 0 Å². The Balaban J connectivity index is 1.80. The van der Waals surface area contributed by atoms with E-state index in [1.165, 1.54) is 7.11 Å². The highest BCUT2D eigenvalue weighted by atomic mass is 16.5. The minimum absolute atomic E-state index is 0.0461. The Morgan fingerprint density at radius 2 is 1.53 bits per heavy atom. The molecule has 0 unspecified atom stereocenters. The number of nitrogens with zero attached hydrogens (tertiary/aromatic N) is 3. The van der Waals surface area contributed by atoms with E-state index in [0.29, 0.717) is 5.69 Å². The molecule has 4 rings (SSSR count). The average Bonchev–Trinajstić information content (AvgIpc) is 3.10. The van der Waals surface area contributed by atoms with Crippen molar-refractivity contribution in [3.8, 4) is 5.69 Å². The van der Waals surface area contributed by atoms with Gasteiger partial charge < -0.3 is 9.30 Å². The van der Waals surface area contributed by atoms with Crippen LogP contribution in [-0.2, 0) is 14.3 Å². The zero-order chi connectivity index (χ0) is 24.4. The molecule has 7 nitrogen and oxygen atoms in total. The Morgan fingerprint density at radius 1 is 0.853 bits per heavy atom. The Morgan fingerprint density at radius 3 is 2.18 bits per heavy atom. The smallest absolute Gasteiger partial charge is 0.338 e. The van der Waals surface area contributed by atoms with Crippen LogP contribution >= 0.6 is 0 Å². The normalized spacial score (nSPS) is 15.5. The van der Waals surface area contributed by atoms with Crippen molar-refractivity contribution < 1.29 is 19.1 Å². The first-order chi connectivity index (χ1) is 16.3. The first-order valence-electron chi connectivity index (χ1n) is 11.1. The van der Waals surface area contributed by atoms with Crippen LogP contribution < -0.4 is 4.90 Å². The number of urea groups is 1. The van der Waals surface area contributed by atoms with Crippen LogP contribution in [0.2, 0.25) is 0 Å². The molecule has 0 atom stereocenters. The Kier molecular flexibility index (Phi) is 6.47. The van der Waals surface area contributed by atoms with Gasteiger partial charge in [0.1, 0.15) is 5.57 Å². The SMILES string of the molecule is COCCN1C(=O)/C(=C\c2cc(C)n(-c3ccc(C)cc3)c2C)C(=O)N(c2ccccc2)C1=O. The minimum Gasteiger partial charge on any atom is -0.383 e. The van der Waals surface area contributed by atoms with E-state index in [4.69, 9.17) is 4.74 Å². The summed E-state index contributed by atoms with van der Waals surface area (Å²) in [5.74, 6) is -1.27. The monoisotopic (exact) mass is 457 g/mol. The standard InChI is InChI=1S/C27H27N3O4/c1-18-10-12-23(13-11-18)29-19(2)16-21(20(29)3)17-24-25(31)28(14-15-34-4)27(33)30(26(24)32)22-8-6-5-7-9-22/h5-13,16-17H,14-15H2,1-4H3/b24-17+. The molecular weight excluding hydrogens is 430 g/mol. The molecule has 0 aliphatic carbocycles. The van der Waals surface area contributed by atoms with Gasteiger partial charge in [0.15, 0.2) is 0 Å². The van der Waals surface area contributed by atoms with Gasteiger partial charge in [0.25, 0.3) is 11.8 Å². The number of para-hydroxylation sites is 1. The van der Waals surface area contributed by atoms with Gasteiger partial charge in [-0.1, -0.05) is 35.9 Å². The number of rotatable bonds is 6. The second-order valence-corrected chi connectivity index (χ2v) is 8.26. The number of benzene rings is 2. The van der Waals surface area contributed by atoms with Gasteiger partial charge in [0.05, 0.1) is 18.8 Å². The number of amides is 4. The maximum absolute atomic E-state index is 13.4. The summed E-state index contributed by atoms with van der Waals surface area (Å²) < 4.78 is 7.16. The van der Waals surface area contributed by atoms with Crippen LogP contribution in [0.1, 0.15) is 22.5 Å². The van der Waals surface area contributed by atoms with Crippen molar-refractivity contribution >= 4 is 29.6 Å². The summed E-state index contributed by atoms with van der Waals surface area (Å²) in [6.45, 7) is 6.17. The zero-order valence-electron chi connectivity index (χ0n) is 19.7. The molecule has 1 saturated heterocycles. The summed E-state index contributed by atoms with van der Waals surface area (Å²) in [6.07, 6.45) is 1.58. The summed E-state index contributed by atoms with van der Waals surface area (Å²) in [4.78, 5) is 41.9. The van der Waals surface area contributed by atoms with Crippen LogP contribution in [-0.4, -0.2) is 47.6 Å². The van der Waals surface area contributed by atoms with E-state index in [9.17, 15) is 14.4 Å². The van der Waals surface area contributed by atoms with Crippen molar-refractivity contribution in [2.24, 2.45) is 0 Å². The van der Waals surface area contributed by atoms with E-state index in [2.05, 4.69) is 4.57 Å². The third-order valence-electron chi connectivity index (χ3n) is 5.93. The summed E-state index contributed by atoms with van der Waals surface area (Å²) in [5.41, 5.74) is 5.09. The van der Waals surface area contributed by atoms with Crippen LogP contribution in [0.25, 0.3) is 11.8 Å². The molecule has 0 radical (unpaired) electrons. The summed E-state index contributed by atoms with van der Waals surface area (Å²) in [6, 6.07) is 18.0. The molecule has 1 aromatic heterocycles. The molecule has 0 saturated carbocycles. The summed E-state index contributed by atoms with van der Waals surface area (Å²) in [7, 11) is 1.50. The van der Waals surface area contributed by atoms with Crippen molar-refractivity contribution in [2.45, 2.75) is 20.8 Å². The van der Waals surface area contributed by atoms with Gasteiger partial charge in [-0.05, 0) is 62.7 Å². The number of carbonyl (C=O) groups excluding carboxylic acids is 3. The predicted octanol–water partition coefficient (Wildman–Crippen LogP) is 4.43. The molecule has 2 heterocycles. The average molecular weight is 458 g/mol. The van der Waals surface area contributed by atoms with Gasteiger partial charge in [0.2, 0.25) is 0 Å². The third kappa shape index (κ3) is 4.18. The zero-order valence-corrected chi connectivity index (χ0v) is 19.7. The van der Waals surface area contributed by atoms with Gasteiger partial charge in [-0.25, -0.2) is 9.69 Å². The van der Waals surface area contributed by atoms with E-state index >= 15 is 0 Å². The second kappa shape index (κ2) is 9.49. The fraction of sp³-hybridized carbons (Fsp3) is 0.222. The number of anilines is 1. The Bertz CT molecular complexity index is 1270. The van der Waals surface area contributed by atoms with Gasteiger partial charge in [-0.15, -0.1) is 0 Å². The lowest BCUT2D eigenvalue weighted by Crippen LogP contribution is -2.57. The van der Waals surface area contributed by atoms with E-state index in [1.807, 2.05) is 51.1 Å². The van der Waals surface area contributed by atoms with Gasteiger partial charge in [-0.2, -0.15) is 0 Å². The van der Waals surface area contributed by atoms with Crippen molar-refractivity contribution in [2.75, 3.05) is 25.2 Å². The highest BCUT2D eigenvalue weighted by Crippen LogP contribution is 2.28. The van der Waals surface area contributed by atoms with E-state index in [-0.39, 0.29) is 18.7 Å². The van der Waals surface area contributed by atoms with Crippen molar-refractivity contribution in [1.29, 1.82) is 0 Å². The van der Waals surface area contributed by atoms with Crippen LogP contribution in [0.4, 0.5) is 10.5 Å². The van der Waals surface area contributed by atoms with Crippen LogP contribution in [0.5, 0.6) is 0 Å². The number of hydrogen-bond acceptors (Lipinski definition) is 4. The second-order valence-electron chi connectivity index (χ2n) is 8.26. The highest BCUT2D eigenvalue weighted by Gasteiger charge is 2.42. The molecule has 1 aliphatic heterocycles. The van der Waals surface area contributed by atoms with Gasteiger partial charge in [0, 0.05) is 24.2 Å². The molecule has 174 valence electrons. The molecule has 3 aromatic rings. The Hall–Kier alpha value is -3.97. The molecule has 34 heavy (non-hydrogen) atoms. The third-order valence-corrected chi connectivity index (χ3v) is 5.93. The number of hydrogen-bond donors (Lipinski definition) is 0. The van der Waals surface area contributed by atoms with E-state index < -0.39 is 17.8 Å². The molecule has 0 bridgehead atoms. The number of methoxy groups -OCH3 is 1. The topological polar surface area (TPSA) is 71.8 Å². The number of aromatic nitrogens is 1. The molecule has 0 spiro atoms. The quantitative estimate of drug-likeness (QED) is 0.406. The number of aryl methyl sites for hydroxylation is 2. The first kappa shape index (κ1) is 23.2. The largest absolute Gasteiger partial charge is 0.383 e. The molecule has 0 N–H and O–H groups in total. The van der Waals surface area contributed by atoms with E-state index in [1.54, 1.807) is 36.4 Å². The van der Waals surface area contributed by atoms with Crippen molar-refractivity contribution in [3.05, 3.63) is 88.8 Å². The lowest BCUT2D eigenvalue weighted by atomic mass is 10.1. The van der Waals surface area contributed by atoms with Gasteiger partial charge in [-0.3, -0.25) is 14.5 Å². The molecule has 1 aliphatic rings. The fourth-order valence-corrected chi connectivity index (χ4v) is 4.14. The lowest BCUT2D eigenvalue weighted by molar-refractivity contribution is -0.129. The number of imide groups is 2. The lowest BCUT2D eigenvalue weighted by Gasteiger charge is -2.33. The number of ether oxygens (including phenoxy) is 1.